The van der Waals surface area contributed by atoms with Crippen molar-refractivity contribution in [3.8, 4) is 11.5 Å². The van der Waals surface area contributed by atoms with Crippen LogP contribution >= 0.6 is 15.9 Å². The molecule has 1 fully saturated rings. The first-order valence-corrected chi connectivity index (χ1v) is 6.45. The van der Waals surface area contributed by atoms with E-state index in [2.05, 4.69) is 15.9 Å². The zero-order valence-corrected chi connectivity index (χ0v) is 10.9. The Morgan fingerprint density at radius 2 is 1.94 bits per heavy atom. The highest BCUT2D eigenvalue weighted by molar-refractivity contribution is 9.09. The normalized spacial score (nSPS) is 17.1. The second-order valence-electron chi connectivity index (χ2n) is 4.17. The number of amides is 1. The quantitative estimate of drug-likeness (QED) is 0.617. The number of phenolic OH excluding ortho intramolecular Hbond substituents is 2. The van der Waals surface area contributed by atoms with Crippen molar-refractivity contribution in [3.63, 3.8) is 0 Å². The molecule has 1 amide bonds. The zero-order chi connectivity index (χ0) is 12.4. The van der Waals surface area contributed by atoms with E-state index in [1.165, 1.54) is 18.2 Å². The largest absolute Gasteiger partial charge is 0.508 e. The molecule has 0 aliphatic carbocycles. The van der Waals surface area contributed by atoms with E-state index in [0.717, 1.165) is 12.8 Å². The van der Waals surface area contributed by atoms with Crippen molar-refractivity contribution in [2.75, 3.05) is 13.1 Å². The highest BCUT2D eigenvalue weighted by Crippen LogP contribution is 2.25. The van der Waals surface area contributed by atoms with E-state index in [0.29, 0.717) is 17.9 Å². The van der Waals surface area contributed by atoms with Crippen molar-refractivity contribution in [3.05, 3.63) is 23.8 Å². The van der Waals surface area contributed by atoms with E-state index in [9.17, 15) is 15.0 Å². The third-order valence-corrected chi connectivity index (χ3v) is 3.84. The van der Waals surface area contributed by atoms with E-state index in [1.807, 2.05) is 0 Å². The summed E-state index contributed by atoms with van der Waals surface area (Å²) in [6.45, 7) is 1.34. The van der Waals surface area contributed by atoms with Crippen molar-refractivity contribution >= 4 is 21.8 Å². The minimum atomic E-state index is -0.224. The number of rotatable bonds is 1. The number of alkyl halides is 1. The zero-order valence-electron chi connectivity index (χ0n) is 9.27. The van der Waals surface area contributed by atoms with E-state index < -0.39 is 0 Å². The van der Waals surface area contributed by atoms with E-state index >= 15 is 0 Å². The van der Waals surface area contributed by atoms with Crippen LogP contribution < -0.4 is 0 Å². The van der Waals surface area contributed by atoms with Crippen LogP contribution in [0.1, 0.15) is 23.2 Å². The molecule has 1 aliphatic heterocycles. The van der Waals surface area contributed by atoms with Gasteiger partial charge in [-0.25, -0.2) is 0 Å². The molecule has 0 spiro atoms. The van der Waals surface area contributed by atoms with Gasteiger partial charge in [0, 0.05) is 17.9 Å². The molecule has 0 aromatic heterocycles. The monoisotopic (exact) mass is 299 g/mol. The van der Waals surface area contributed by atoms with Gasteiger partial charge in [-0.2, -0.15) is 0 Å². The van der Waals surface area contributed by atoms with Crippen molar-refractivity contribution in [1.29, 1.82) is 0 Å². The van der Waals surface area contributed by atoms with Gasteiger partial charge in [-0.15, -0.1) is 0 Å². The van der Waals surface area contributed by atoms with Crippen LogP contribution in [0.25, 0.3) is 0 Å². The number of carbonyl (C=O) groups is 1. The van der Waals surface area contributed by atoms with Gasteiger partial charge in [-0.3, -0.25) is 4.79 Å². The molecular weight excluding hydrogens is 286 g/mol. The summed E-state index contributed by atoms with van der Waals surface area (Å²) in [5.41, 5.74) is 0.165. The van der Waals surface area contributed by atoms with Crippen LogP contribution in [0.2, 0.25) is 0 Å². The predicted molar refractivity (Wildman–Crippen MR) is 67.6 cm³/mol. The third kappa shape index (κ3) is 2.72. The fourth-order valence-electron chi connectivity index (χ4n) is 1.92. The molecule has 4 nitrogen and oxygen atoms in total. The van der Waals surface area contributed by atoms with Crippen LogP contribution in [-0.2, 0) is 0 Å². The molecule has 1 aliphatic rings. The first-order valence-electron chi connectivity index (χ1n) is 5.53. The lowest BCUT2D eigenvalue weighted by molar-refractivity contribution is 0.0725. The third-order valence-electron chi connectivity index (χ3n) is 2.92. The number of piperidine rings is 1. The molecule has 0 bridgehead atoms. The van der Waals surface area contributed by atoms with Gasteiger partial charge in [0.2, 0.25) is 0 Å². The molecule has 17 heavy (non-hydrogen) atoms. The van der Waals surface area contributed by atoms with Crippen molar-refractivity contribution < 1.29 is 15.0 Å². The molecule has 2 rings (SSSR count). The molecule has 5 heteroatoms. The maximum absolute atomic E-state index is 12.1. The molecule has 92 valence electrons. The number of halogens is 1. The van der Waals surface area contributed by atoms with Gasteiger partial charge in [0.15, 0.2) is 0 Å². The Balaban J connectivity index is 2.16. The van der Waals surface area contributed by atoms with Crippen LogP contribution in [-0.4, -0.2) is 38.9 Å². The standard InChI is InChI=1S/C12H14BrNO3/c13-8-3-5-14(6-4-8)12(17)10-7-9(15)1-2-11(10)16/h1-2,7-8,15-16H,3-6H2. The maximum Gasteiger partial charge on any atom is 0.257 e. The van der Waals surface area contributed by atoms with Gasteiger partial charge < -0.3 is 15.1 Å². The fraction of sp³-hybridized carbons (Fsp3) is 0.417. The Bertz CT molecular complexity index is 428. The van der Waals surface area contributed by atoms with Crippen molar-refractivity contribution in [2.24, 2.45) is 0 Å². The second-order valence-corrected chi connectivity index (χ2v) is 5.46. The number of hydrogen-bond acceptors (Lipinski definition) is 3. The smallest absolute Gasteiger partial charge is 0.257 e. The summed E-state index contributed by atoms with van der Waals surface area (Å²) in [7, 11) is 0. The fourth-order valence-corrected chi connectivity index (χ4v) is 2.33. The maximum atomic E-state index is 12.1. The summed E-state index contributed by atoms with van der Waals surface area (Å²) in [4.78, 5) is 14.3. The molecule has 1 aromatic rings. The van der Waals surface area contributed by atoms with Crippen LogP contribution in [0.3, 0.4) is 0 Å². The highest BCUT2D eigenvalue weighted by atomic mass is 79.9. The number of hydrogen-bond donors (Lipinski definition) is 2. The summed E-state index contributed by atoms with van der Waals surface area (Å²) >= 11 is 3.52. The second kappa shape index (κ2) is 4.96. The molecule has 1 aromatic carbocycles. The number of nitrogens with zero attached hydrogens (tertiary/aromatic N) is 1. The highest BCUT2D eigenvalue weighted by Gasteiger charge is 2.24. The number of phenols is 2. The van der Waals surface area contributed by atoms with Crippen LogP contribution in [0, 0.1) is 0 Å². The van der Waals surface area contributed by atoms with Gasteiger partial charge >= 0.3 is 0 Å². The molecule has 0 unspecified atom stereocenters. The summed E-state index contributed by atoms with van der Waals surface area (Å²) in [6, 6.07) is 3.99. The Labute approximate surface area is 108 Å². The van der Waals surface area contributed by atoms with Crippen LogP contribution in [0.4, 0.5) is 0 Å². The van der Waals surface area contributed by atoms with Gasteiger partial charge in [0.1, 0.15) is 11.5 Å². The Morgan fingerprint density at radius 1 is 1.29 bits per heavy atom. The lowest BCUT2D eigenvalue weighted by Gasteiger charge is -2.29. The molecular formula is C12H14BrNO3. The van der Waals surface area contributed by atoms with Crippen LogP contribution in [0.15, 0.2) is 18.2 Å². The Hall–Kier alpha value is -1.23. The predicted octanol–water partition coefficient (Wildman–Crippen LogP) is 2.10. The van der Waals surface area contributed by atoms with Gasteiger partial charge in [-0.05, 0) is 31.0 Å². The van der Waals surface area contributed by atoms with Crippen LogP contribution in [0.5, 0.6) is 11.5 Å². The average molecular weight is 300 g/mol. The molecule has 1 heterocycles. The summed E-state index contributed by atoms with van der Waals surface area (Å²) in [6.07, 6.45) is 1.82. The first kappa shape index (κ1) is 12.2. The molecule has 0 saturated carbocycles. The van der Waals surface area contributed by atoms with E-state index in [1.54, 1.807) is 4.90 Å². The average Bonchev–Trinajstić information content (AvgIpc) is 2.32. The molecule has 0 radical (unpaired) electrons. The van der Waals surface area contributed by atoms with Crippen molar-refractivity contribution in [2.45, 2.75) is 17.7 Å². The van der Waals surface area contributed by atoms with Gasteiger partial charge in [0.05, 0.1) is 5.56 Å². The Kier molecular flexibility index (Phi) is 3.57. The Morgan fingerprint density at radius 3 is 2.59 bits per heavy atom. The van der Waals surface area contributed by atoms with Crippen molar-refractivity contribution in [1.82, 2.24) is 4.90 Å². The minimum absolute atomic E-state index is 0.0125. The number of aromatic hydroxyl groups is 2. The first-order chi connectivity index (χ1) is 8.08. The molecule has 0 atom stereocenters. The summed E-state index contributed by atoms with van der Waals surface area (Å²) < 4.78 is 0. The van der Waals surface area contributed by atoms with E-state index in [-0.39, 0.29) is 23.0 Å². The topological polar surface area (TPSA) is 60.8 Å². The lowest BCUT2D eigenvalue weighted by atomic mass is 10.1. The SMILES string of the molecule is O=C(c1cc(O)ccc1O)N1CCC(Br)CC1. The molecule has 1 saturated heterocycles. The van der Waals surface area contributed by atoms with Gasteiger partial charge in [0.25, 0.3) is 5.91 Å². The lowest BCUT2D eigenvalue weighted by Crippen LogP contribution is -2.38. The number of likely N-dealkylation sites (tertiary alicyclic amines) is 1. The summed E-state index contributed by atoms with van der Waals surface area (Å²) in [5, 5.41) is 19.0. The summed E-state index contributed by atoms with van der Waals surface area (Å²) in [5.74, 6) is -0.326. The molecule has 2 N–H and O–H groups in total. The number of benzene rings is 1. The minimum Gasteiger partial charge on any atom is -0.508 e. The van der Waals surface area contributed by atoms with E-state index in [4.69, 9.17) is 0 Å². The van der Waals surface area contributed by atoms with Gasteiger partial charge in [-0.1, -0.05) is 15.9 Å². The number of carbonyl (C=O) groups excluding carboxylic acids is 1.